The summed E-state index contributed by atoms with van der Waals surface area (Å²) in [5, 5.41) is 4.10. The molecule has 0 radical (unpaired) electrons. The maximum Gasteiger partial charge on any atom is 0.264 e. The summed E-state index contributed by atoms with van der Waals surface area (Å²) in [4.78, 5) is 17.9. The van der Waals surface area contributed by atoms with E-state index in [1.165, 1.54) is 28.6 Å². The normalized spacial score (nSPS) is 16.2. The van der Waals surface area contributed by atoms with Crippen molar-refractivity contribution in [2.75, 3.05) is 0 Å². The third-order valence-corrected chi connectivity index (χ3v) is 7.11. The van der Waals surface area contributed by atoms with E-state index in [1.54, 1.807) is 0 Å². The van der Waals surface area contributed by atoms with Crippen LogP contribution in [-0.4, -0.2) is 15.6 Å². The number of hydrogen-bond acceptors (Lipinski definition) is 3. The lowest BCUT2D eigenvalue weighted by molar-refractivity contribution is -0.115. The fraction of sp³-hybridized carbons (Fsp3) is 0.231. The number of aryl methyl sites for hydroxylation is 3. The molecule has 1 saturated heterocycles. The fourth-order valence-electron chi connectivity index (χ4n) is 4.05. The van der Waals surface area contributed by atoms with E-state index in [1.807, 2.05) is 31.2 Å². The third kappa shape index (κ3) is 4.15. The Kier molecular flexibility index (Phi) is 6.31. The Bertz CT molecular complexity index is 1290. The maximum absolute atomic E-state index is 12.6. The van der Waals surface area contributed by atoms with Crippen LogP contribution < -0.4 is 5.32 Å². The molecule has 0 saturated carbocycles. The molecule has 2 heterocycles. The van der Waals surface area contributed by atoms with Gasteiger partial charge in [0.25, 0.3) is 5.91 Å². The van der Waals surface area contributed by atoms with Gasteiger partial charge in [-0.05, 0) is 92.4 Å². The number of hydrogen-bond donors (Lipinski definition) is 1. The van der Waals surface area contributed by atoms with Crippen molar-refractivity contribution >= 4 is 46.2 Å². The molecule has 3 aromatic rings. The molecule has 0 unspecified atom stereocenters. The second-order valence-corrected chi connectivity index (χ2v) is 9.40. The molecule has 2 aromatic carbocycles. The number of amides is 1. The first-order valence-electron chi connectivity index (χ1n) is 10.6. The Morgan fingerprint density at radius 1 is 1.12 bits per heavy atom. The smallest absolute Gasteiger partial charge is 0.264 e. The molecule has 1 N–H and O–H groups in total. The lowest BCUT2D eigenvalue weighted by atomic mass is 10.1. The average Bonchev–Trinajstić information content (AvgIpc) is 3.23. The van der Waals surface area contributed by atoms with Crippen molar-refractivity contribution in [2.24, 2.45) is 4.99 Å². The van der Waals surface area contributed by atoms with Crippen molar-refractivity contribution in [3.63, 3.8) is 0 Å². The number of aromatic nitrogens is 1. The zero-order valence-electron chi connectivity index (χ0n) is 18.9. The SMILES string of the molecule is CCc1cccc(C)c1-n1c(C)cc(/C=C2/SC(=Nc3cccc(Cl)c3C)NC2=O)c1C. The minimum Gasteiger partial charge on any atom is -0.317 e. The summed E-state index contributed by atoms with van der Waals surface area (Å²) < 4.78 is 2.29. The number of thioether (sulfide) groups is 1. The highest BCUT2D eigenvalue weighted by atomic mass is 35.5. The van der Waals surface area contributed by atoms with Gasteiger partial charge in [-0.3, -0.25) is 4.79 Å². The van der Waals surface area contributed by atoms with Crippen LogP contribution in [0.2, 0.25) is 5.02 Å². The summed E-state index contributed by atoms with van der Waals surface area (Å²) >= 11 is 7.56. The number of aliphatic imine (C=N–C) groups is 1. The second kappa shape index (κ2) is 9.00. The largest absolute Gasteiger partial charge is 0.317 e. The number of benzene rings is 2. The third-order valence-electron chi connectivity index (χ3n) is 5.79. The van der Waals surface area contributed by atoms with E-state index in [0.29, 0.717) is 15.1 Å². The van der Waals surface area contributed by atoms with Gasteiger partial charge in [0.15, 0.2) is 5.17 Å². The van der Waals surface area contributed by atoms with Gasteiger partial charge in [-0.1, -0.05) is 42.8 Å². The van der Waals surface area contributed by atoms with Gasteiger partial charge in [0.1, 0.15) is 0 Å². The van der Waals surface area contributed by atoms with Crippen LogP contribution in [-0.2, 0) is 11.2 Å². The number of nitrogens with zero attached hydrogens (tertiary/aromatic N) is 2. The average molecular weight is 464 g/mol. The molecule has 0 aliphatic carbocycles. The van der Waals surface area contributed by atoms with Crippen molar-refractivity contribution in [3.8, 4) is 5.69 Å². The fourth-order valence-corrected chi connectivity index (χ4v) is 5.05. The molecule has 32 heavy (non-hydrogen) atoms. The molecule has 1 fully saturated rings. The van der Waals surface area contributed by atoms with Crippen LogP contribution in [0, 0.1) is 27.7 Å². The van der Waals surface area contributed by atoms with Crippen LogP contribution in [0.3, 0.4) is 0 Å². The van der Waals surface area contributed by atoms with E-state index in [9.17, 15) is 4.79 Å². The second-order valence-electron chi connectivity index (χ2n) is 7.96. The lowest BCUT2D eigenvalue weighted by Gasteiger charge is -2.17. The molecule has 164 valence electrons. The number of halogens is 1. The van der Waals surface area contributed by atoms with Crippen LogP contribution in [0.5, 0.6) is 0 Å². The Balaban J connectivity index is 1.70. The summed E-state index contributed by atoms with van der Waals surface area (Å²) in [7, 11) is 0. The van der Waals surface area contributed by atoms with Crippen LogP contribution in [0.4, 0.5) is 5.69 Å². The van der Waals surface area contributed by atoms with Crippen LogP contribution in [0.1, 0.15) is 40.6 Å². The highest BCUT2D eigenvalue weighted by Crippen LogP contribution is 2.33. The van der Waals surface area contributed by atoms with Crippen molar-refractivity contribution in [1.29, 1.82) is 0 Å². The molecular formula is C26H26ClN3OS. The van der Waals surface area contributed by atoms with E-state index in [0.717, 1.165) is 34.6 Å². The predicted molar refractivity (Wildman–Crippen MR) is 136 cm³/mol. The highest BCUT2D eigenvalue weighted by molar-refractivity contribution is 8.18. The molecule has 0 atom stereocenters. The molecule has 1 amide bonds. The van der Waals surface area contributed by atoms with Gasteiger partial charge in [-0.25, -0.2) is 4.99 Å². The molecule has 1 aliphatic heterocycles. The summed E-state index contributed by atoms with van der Waals surface area (Å²) in [6.07, 6.45) is 2.92. The van der Waals surface area contributed by atoms with Crippen molar-refractivity contribution in [3.05, 3.63) is 86.0 Å². The van der Waals surface area contributed by atoms with Crippen molar-refractivity contribution < 1.29 is 4.79 Å². The van der Waals surface area contributed by atoms with Crippen molar-refractivity contribution in [1.82, 2.24) is 9.88 Å². The number of amidine groups is 1. The van der Waals surface area contributed by atoms with Gasteiger partial charge in [0, 0.05) is 16.4 Å². The molecule has 1 aromatic heterocycles. The Morgan fingerprint density at radius 3 is 2.62 bits per heavy atom. The zero-order chi connectivity index (χ0) is 23.0. The van der Waals surface area contributed by atoms with Crippen LogP contribution >= 0.6 is 23.4 Å². The lowest BCUT2D eigenvalue weighted by Crippen LogP contribution is -2.19. The zero-order valence-corrected chi connectivity index (χ0v) is 20.5. The monoisotopic (exact) mass is 463 g/mol. The number of carbonyl (C=O) groups is 1. The standard InChI is InChI=1S/C26H26ClN3OS/c1-6-19-10-7-9-15(2)24(19)30-16(3)13-20(18(30)5)14-23-25(31)29-26(32-23)28-22-12-8-11-21(27)17(22)4/h7-14H,6H2,1-5H3,(H,28,29,31)/b23-14+. The molecule has 4 rings (SSSR count). The Morgan fingerprint density at radius 2 is 1.88 bits per heavy atom. The minimum atomic E-state index is -0.136. The Hall–Kier alpha value is -2.76. The van der Waals surface area contributed by atoms with Gasteiger partial charge < -0.3 is 9.88 Å². The first-order valence-corrected chi connectivity index (χ1v) is 11.8. The summed E-state index contributed by atoms with van der Waals surface area (Å²) in [6, 6.07) is 14.2. The van der Waals surface area contributed by atoms with E-state index >= 15 is 0 Å². The number of carbonyl (C=O) groups excluding carboxylic acids is 1. The summed E-state index contributed by atoms with van der Waals surface area (Å²) in [5.74, 6) is -0.136. The van der Waals surface area contributed by atoms with E-state index in [-0.39, 0.29) is 5.91 Å². The molecule has 0 bridgehead atoms. The van der Waals surface area contributed by atoms with Gasteiger partial charge in [0.2, 0.25) is 0 Å². The first-order chi connectivity index (χ1) is 15.3. The summed E-state index contributed by atoms with van der Waals surface area (Å²) in [6.45, 7) is 10.5. The van der Waals surface area contributed by atoms with Crippen molar-refractivity contribution in [2.45, 2.75) is 41.0 Å². The highest BCUT2D eigenvalue weighted by Gasteiger charge is 2.25. The number of rotatable bonds is 4. The predicted octanol–water partition coefficient (Wildman–Crippen LogP) is 6.82. The van der Waals surface area contributed by atoms with Gasteiger partial charge in [-0.15, -0.1) is 0 Å². The van der Waals surface area contributed by atoms with Gasteiger partial charge in [-0.2, -0.15) is 0 Å². The molecule has 4 nitrogen and oxygen atoms in total. The minimum absolute atomic E-state index is 0.136. The molecular weight excluding hydrogens is 438 g/mol. The van der Waals surface area contributed by atoms with Gasteiger partial charge in [0.05, 0.1) is 16.3 Å². The molecule has 1 aliphatic rings. The van der Waals surface area contributed by atoms with E-state index < -0.39 is 0 Å². The van der Waals surface area contributed by atoms with Crippen LogP contribution in [0.15, 0.2) is 52.4 Å². The topological polar surface area (TPSA) is 46.4 Å². The van der Waals surface area contributed by atoms with Crippen LogP contribution in [0.25, 0.3) is 11.8 Å². The quantitative estimate of drug-likeness (QED) is 0.431. The molecule has 0 spiro atoms. The number of para-hydroxylation sites is 1. The Labute approximate surface area is 198 Å². The maximum atomic E-state index is 12.6. The first kappa shape index (κ1) is 22.4. The summed E-state index contributed by atoms with van der Waals surface area (Å²) in [5.41, 5.74) is 8.72. The van der Waals surface area contributed by atoms with Gasteiger partial charge >= 0.3 is 0 Å². The van der Waals surface area contributed by atoms with E-state index in [2.05, 4.69) is 66.8 Å². The van der Waals surface area contributed by atoms with E-state index in [4.69, 9.17) is 11.6 Å². The number of nitrogens with one attached hydrogen (secondary N) is 1. The molecule has 6 heteroatoms.